The topological polar surface area (TPSA) is 88.7 Å². The zero-order chi connectivity index (χ0) is 21.3. The summed E-state index contributed by atoms with van der Waals surface area (Å²) in [6, 6.07) is 0.475. The van der Waals surface area contributed by atoms with Gasteiger partial charge in [0.1, 0.15) is 5.82 Å². The fraction of sp³-hybridized carbons (Fsp3) is 0.857. The molecule has 178 valence electrons. The molecule has 1 unspecified atom stereocenters. The molecule has 1 fully saturated rings. The van der Waals surface area contributed by atoms with E-state index in [0.29, 0.717) is 18.5 Å². The predicted molar refractivity (Wildman–Crippen MR) is 134 cm³/mol. The van der Waals surface area contributed by atoms with Gasteiger partial charge in [0.2, 0.25) is 0 Å². The van der Waals surface area contributed by atoms with E-state index in [-0.39, 0.29) is 29.7 Å². The van der Waals surface area contributed by atoms with Crippen molar-refractivity contribution >= 4 is 29.9 Å². The summed E-state index contributed by atoms with van der Waals surface area (Å²) in [5.74, 6) is 2.40. The Balaban J connectivity index is 0.00000341. The highest BCUT2D eigenvalue weighted by Gasteiger charge is 2.22. The third-order valence-corrected chi connectivity index (χ3v) is 5.90. The Morgan fingerprint density at radius 3 is 2.65 bits per heavy atom. The Kier molecular flexibility index (Phi) is 11.3. The summed E-state index contributed by atoms with van der Waals surface area (Å²) >= 11 is 0. The maximum absolute atomic E-state index is 12.4. The number of rotatable bonds is 9. The lowest BCUT2D eigenvalue weighted by molar-refractivity contribution is 0.0132. The molecule has 3 rings (SSSR count). The van der Waals surface area contributed by atoms with E-state index < -0.39 is 0 Å². The van der Waals surface area contributed by atoms with Gasteiger partial charge < -0.3 is 15.4 Å². The first kappa shape index (κ1) is 26.1. The van der Waals surface area contributed by atoms with Crippen LogP contribution >= 0.6 is 24.0 Å². The number of ether oxygens (including phenoxy) is 1. The SMILES string of the molecule is CN=C(NCCCn1nc2n(c1=O)CCCC2)NCC(CC(C)C)N1CCOCC1.I. The van der Waals surface area contributed by atoms with E-state index in [1.54, 1.807) is 11.7 Å². The van der Waals surface area contributed by atoms with Crippen LogP contribution in [0.2, 0.25) is 0 Å². The Hall–Kier alpha value is -1.14. The third kappa shape index (κ3) is 7.74. The molecule has 31 heavy (non-hydrogen) atoms. The van der Waals surface area contributed by atoms with Gasteiger partial charge in [-0.15, -0.1) is 24.0 Å². The summed E-state index contributed by atoms with van der Waals surface area (Å²) < 4.78 is 8.96. The Bertz CT molecular complexity index is 741. The maximum atomic E-state index is 12.4. The smallest absolute Gasteiger partial charge is 0.345 e. The van der Waals surface area contributed by atoms with Gasteiger partial charge in [0.25, 0.3) is 0 Å². The number of hydrogen-bond acceptors (Lipinski definition) is 5. The van der Waals surface area contributed by atoms with Gasteiger partial charge in [-0.1, -0.05) is 13.8 Å². The van der Waals surface area contributed by atoms with Crippen LogP contribution in [-0.2, 0) is 24.2 Å². The zero-order valence-corrected chi connectivity index (χ0v) is 21.6. The van der Waals surface area contributed by atoms with Crippen LogP contribution in [0.25, 0.3) is 0 Å². The van der Waals surface area contributed by atoms with Crippen LogP contribution in [0.1, 0.15) is 45.4 Å². The van der Waals surface area contributed by atoms with Gasteiger partial charge in [-0.2, -0.15) is 5.10 Å². The highest BCUT2D eigenvalue weighted by molar-refractivity contribution is 14.0. The number of nitrogens with one attached hydrogen (secondary N) is 2. The minimum Gasteiger partial charge on any atom is -0.379 e. The van der Waals surface area contributed by atoms with Crippen LogP contribution in [0.3, 0.4) is 0 Å². The van der Waals surface area contributed by atoms with Crippen molar-refractivity contribution in [1.82, 2.24) is 29.9 Å². The normalized spacial score (nSPS) is 18.4. The number of aromatic nitrogens is 3. The van der Waals surface area contributed by atoms with E-state index in [9.17, 15) is 4.79 Å². The summed E-state index contributed by atoms with van der Waals surface area (Å²) in [7, 11) is 1.80. The van der Waals surface area contributed by atoms with Crippen LogP contribution < -0.4 is 16.3 Å². The standard InChI is InChI=1S/C21H39N7O2.HI/c1-17(2)15-18(26-11-13-30-14-12-26)16-24-20(22-3)23-8-6-10-28-21(29)27-9-5-4-7-19(27)25-28;/h17-18H,4-16H2,1-3H3,(H2,22,23,24);1H. The molecule has 0 amide bonds. The summed E-state index contributed by atoms with van der Waals surface area (Å²) in [5.41, 5.74) is 0.0363. The van der Waals surface area contributed by atoms with Crippen molar-refractivity contribution in [2.75, 3.05) is 46.4 Å². The molecule has 2 aliphatic heterocycles. The highest BCUT2D eigenvalue weighted by Crippen LogP contribution is 2.13. The van der Waals surface area contributed by atoms with Crippen LogP contribution in [0, 0.1) is 5.92 Å². The Morgan fingerprint density at radius 1 is 1.19 bits per heavy atom. The molecule has 10 heteroatoms. The van der Waals surface area contributed by atoms with Gasteiger partial charge in [-0.25, -0.2) is 9.48 Å². The molecule has 2 N–H and O–H groups in total. The van der Waals surface area contributed by atoms with Crippen molar-refractivity contribution in [1.29, 1.82) is 0 Å². The van der Waals surface area contributed by atoms with Gasteiger partial charge in [0.15, 0.2) is 5.96 Å². The van der Waals surface area contributed by atoms with Gasteiger partial charge in [0, 0.05) is 58.8 Å². The van der Waals surface area contributed by atoms with Gasteiger partial charge in [-0.05, 0) is 31.6 Å². The summed E-state index contributed by atoms with van der Waals surface area (Å²) in [4.78, 5) is 19.3. The monoisotopic (exact) mass is 549 g/mol. The van der Waals surface area contributed by atoms with E-state index in [1.165, 1.54) is 0 Å². The lowest BCUT2D eigenvalue weighted by Gasteiger charge is -2.35. The van der Waals surface area contributed by atoms with Gasteiger partial charge in [0.05, 0.1) is 13.2 Å². The lowest BCUT2D eigenvalue weighted by atomic mass is 10.0. The number of halogens is 1. The molecule has 0 spiro atoms. The zero-order valence-electron chi connectivity index (χ0n) is 19.3. The molecular formula is C21H40IN7O2. The van der Waals surface area contributed by atoms with E-state index >= 15 is 0 Å². The van der Waals surface area contributed by atoms with Crippen molar-refractivity contribution in [2.45, 2.75) is 65.1 Å². The molecule has 1 saturated heterocycles. The number of morpholine rings is 1. The number of nitrogens with zero attached hydrogens (tertiary/aromatic N) is 5. The number of aryl methyl sites for hydroxylation is 2. The molecule has 3 heterocycles. The molecular weight excluding hydrogens is 509 g/mol. The summed E-state index contributed by atoms with van der Waals surface area (Å²) in [5, 5.41) is 11.4. The highest BCUT2D eigenvalue weighted by atomic mass is 127. The number of hydrogen-bond donors (Lipinski definition) is 2. The number of aliphatic imine (C=N–C) groups is 1. The van der Waals surface area contributed by atoms with Crippen LogP contribution in [-0.4, -0.2) is 77.7 Å². The average Bonchev–Trinajstić information content (AvgIpc) is 3.08. The quantitative estimate of drug-likeness (QED) is 0.209. The first-order chi connectivity index (χ1) is 14.6. The lowest BCUT2D eigenvalue weighted by Crippen LogP contribution is -2.51. The molecule has 0 radical (unpaired) electrons. The Labute approximate surface area is 203 Å². The molecule has 1 aromatic heterocycles. The predicted octanol–water partition coefficient (Wildman–Crippen LogP) is 1.30. The van der Waals surface area contributed by atoms with Crippen molar-refractivity contribution in [3.05, 3.63) is 16.3 Å². The van der Waals surface area contributed by atoms with Crippen LogP contribution in [0.4, 0.5) is 0 Å². The van der Waals surface area contributed by atoms with E-state index in [2.05, 4.69) is 39.5 Å². The van der Waals surface area contributed by atoms with Gasteiger partial charge in [-0.3, -0.25) is 14.5 Å². The van der Waals surface area contributed by atoms with E-state index in [1.807, 2.05) is 4.57 Å². The van der Waals surface area contributed by atoms with Crippen molar-refractivity contribution in [2.24, 2.45) is 10.9 Å². The van der Waals surface area contributed by atoms with Crippen molar-refractivity contribution in [3.8, 4) is 0 Å². The third-order valence-electron chi connectivity index (χ3n) is 5.90. The molecule has 0 bridgehead atoms. The van der Waals surface area contributed by atoms with Gasteiger partial charge >= 0.3 is 5.69 Å². The second kappa shape index (κ2) is 13.4. The van der Waals surface area contributed by atoms with Crippen LogP contribution in [0.5, 0.6) is 0 Å². The van der Waals surface area contributed by atoms with Crippen molar-refractivity contribution < 1.29 is 4.74 Å². The molecule has 0 saturated carbocycles. The first-order valence-corrected chi connectivity index (χ1v) is 11.5. The minimum atomic E-state index is 0. The second-order valence-electron chi connectivity index (χ2n) is 8.70. The number of fused-ring (bicyclic) bond motifs is 1. The fourth-order valence-electron chi connectivity index (χ4n) is 4.31. The molecule has 0 aromatic carbocycles. The maximum Gasteiger partial charge on any atom is 0.345 e. The fourth-order valence-corrected chi connectivity index (χ4v) is 4.31. The molecule has 1 aromatic rings. The summed E-state index contributed by atoms with van der Waals surface area (Å²) in [6.45, 7) is 11.2. The Morgan fingerprint density at radius 2 is 1.97 bits per heavy atom. The van der Waals surface area contributed by atoms with E-state index in [0.717, 1.165) is 89.8 Å². The molecule has 0 aliphatic carbocycles. The molecule has 9 nitrogen and oxygen atoms in total. The van der Waals surface area contributed by atoms with Crippen molar-refractivity contribution in [3.63, 3.8) is 0 Å². The van der Waals surface area contributed by atoms with E-state index in [4.69, 9.17) is 4.74 Å². The summed E-state index contributed by atoms with van der Waals surface area (Å²) in [6.07, 6.45) is 5.10. The number of guanidine groups is 1. The molecule has 1 atom stereocenters. The first-order valence-electron chi connectivity index (χ1n) is 11.5. The minimum absolute atomic E-state index is 0. The average molecular weight is 550 g/mol. The van der Waals surface area contributed by atoms with Crippen LogP contribution in [0.15, 0.2) is 9.79 Å². The largest absolute Gasteiger partial charge is 0.379 e. The molecule has 2 aliphatic rings. The second-order valence-corrected chi connectivity index (χ2v) is 8.70.